The van der Waals surface area contributed by atoms with Gasteiger partial charge in [-0.25, -0.2) is 0 Å². The van der Waals surface area contributed by atoms with Crippen LogP contribution in [0.2, 0.25) is 0 Å². The Kier molecular flexibility index (Phi) is 3.64. The maximum Gasteiger partial charge on any atom is 0.169 e. The van der Waals surface area contributed by atoms with Gasteiger partial charge in [0.25, 0.3) is 0 Å². The summed E-state index contributed by atoms with van der Waals surface area (Å²) in [6, 6.07) is 5.03. The molecule has 1 N–H and O–H groups in total. The van der Waals surface area contributed by atoms with Crippen molar-refractivity contribution in [2.75, 3.05) is 0 Å². The molecule has 0 aliphatic heterocycles. The van der Waals surface area contributed by atoms with Gasteiger partial charge in [-0.1, -0.05) is 35.2 Å². The molecule has 86 valence electrons. The van der Waals surface area contributed by atoms with Crippen molar-refractivity contribution in [2.24, 2.45) is 5.92 Å². The summed E-state index contributed by atoms with van der Waals surface area (Å²) < 4.78 is 0.837. The first kappa shape index (κ1) is 11.6. The van der Waals surface area contributed by atoms with Gasteiger partial charge in [-0.2, -0.15) is 0 Å². The van der Waals surface area contributed by atoms with Crippen molar-refractivity contribution < 1.29 is 9.90 Å². The van der Waals surface area contributed by atoms with Crippen LogP contribution in [0.15, 0.2) is 22.7 Å². The second-order valence-electron chi connectivity index (χ2n) is 4.36. The van der Waals surface area contributed by atoms with Crippen LogP contribution in [-0.2, 0) is 0 Å². The van der Waals surface area contributed by atoms with Gasteiger partial charge >= 0.3 is 0 Å². The number of hydrogen-bond donors (Lipinski definition) is 1. The summed E-state index contributed by atoms with van der Waals surface area (Å²) in [4.78, 5) is 12.2. The van der Waals surface area contributed by atoms with E-state index in [1.807, 2.05) is 0 Å². The van der Waals surface area contributed by atoms with Crippen LogP contribution < -0.4 is 0 Å². The molecule has 2 rings (SSSR count). The molecule has 3 heteroatoms. The lowest BCUT2D eigenvalue weighted by atomic mass is 9.84. The Morgan fingerprint density at radius 2 is 1.94 bits per heavy atom. The summed E-state index contributed by atoms with van der Waals surface area (Å²) in [6.07, 6.45) is 5.42. The van der Waals surface area contributed by atoms with Gasteiger partial charge in [0.1, 0.15) is 5.75 Å². The van der Waals surface area contributed by atoms with Crippen LogP contribution in [0.25, 0.3) is 0 Å². The lowest BCUT2D eigenvalue weighted by Crippen LogP contribution is -2.17. The van der Waals surface area contributed by atoms with Gasteiger partial charge in [0, 0.05) is 10.4 Å². The highest BCUT2D eigenvalue weighted by Crippen LogP contribution is 2.31. The monoisotopic (exact) mass is 282 g/mol. The Morgan fingerprint density at radius 1 is 1.25 bits per heavy atom. The fourth-order valence-corrected chi connectivity index (χ4v) is 2.65. The molecule has 16 heavy (non-hydrogen) atoms. The van der Waals surface area contributed by atoms with Crippen LogP contribution in [0.1, 0.15) is 42.5 Å². The number of rotatable bonds is 2. The molecule has 0 bridgehead atoms. The van der Waals surface area contributed by atoms with Gasteiger partial charge in [-0.05, 0) is 31.0 Å². The van der Waals surface area contributed by atoms with Crippen LogP contribution in [0.4, 0.5) is 0 Å². The SMILES string of the molecule is O=C(c1cc(Br)ccc1O)C1CCCCC1. The topological polar surface area (TPSA) is 37.3 Å². The zero-order valence-electron chi connectivity index (χ0n) is 9.08. The standard InChI is InChI=1S/C13H15BrO2/c14-10-6-7-12(15)11(8-10)13(16)9-4-2-1-3-5-9/h6-9,15H,1-5H2. The second-order valence-corrected chi connectivity index (χ2v) is 5.28. The van der Waals surface area contributed by atoms with Gasteiger partial charge in [0.2, 0.25) is 0 Å². The maximum absolute atomic E-state index is 12.2. The summed E-state index contributed by atoms with van der Waals surface area (Å²) in [5, 5.41) is 9.69. The van der Waals surface area contributed by atoms with E-state index in [1.165, 1.54) is 6.42 Å². The first-order valence-corrected chi connectivity index (χ1v) is 6.50. The van der Waals surface area contributed by atoms with Crippen molar-refractivity contribution >= 4 is 21.7 Å². The smallest absolute Gasteiger partial charge is 0.169 e. The van der Waals surface area contributed by atoms with Crippen molar-refractivity contribution in [1.29, 1.82) is 0 Å². The van der Waals surface area contributed by atoms with Crippen LogP contribution >= 0.6 is 15.9 Å². The maximum atomic E-state index is 12.2. The molecule has 0 unspecified atom stereocenters. The Hall–Kier alpha value is -0.830. The van der Waals surface area contributed by atoms with Crippen LogP contribution in [0.5, 0.6) is 5.75 Å². The molecule has 1 aliphatic carbocycles. The number of halogens is 1. The van der Waals surface area contributed by atoms with Gasteiger partial charge in [-0.3, -0.25) is 4.79 Å². The van der Waals surface area contributed by atoms with E-state index in [-0.39, 0.29) is 17.5 Å². The summed E-state index contributed by atoms with van der Waals surface area (Å²) in [5.74, 6) is 0.297. The van der Waals surface area contributed by atoms with Gasteiger partial charge < -0.3 is 5.11 Å². The van der Waals surface area contributed by atoms with E-state index >= 15 is 0 Å². The average molecular weight is 283 g/mol. The number of phenolic OH excluding ortho intramolecular Hbond substituents is 1. The minimum Gasteiger partial charge on any atom is -0.507 e. The molecule has 0 saturated heterocycles. The first-order chi connectivity index (χ1) is 7.68. The molecule has 0 atom stereocenters. The van der Waals surface area contributed by atoms with E-state index in [4.69, 9.17) is 0 Å². The third kappa shape index (κ3) is 2.46. The fraction of sp³-hybridized carbons (Fsp3) is 0.462. The lowest BCUT2D eigenvalue weighted by Gasteiger charge is -2.20. The van der Waals surface area contributed by atoms with Gasteiger partial charge in [-0.15, -0.1) is 0 Å². The number of benzene rings is 1. The summed E-state index contributed by atoms with van der Waals surface area (Å²) in [6.45, 7) is 0. The van der Waals surface area contributed by atoms with Crippen molar-refractivity contribution in [3.8, 4) is 5.75 Å². The molecule has 2 nitrogen and oxygen atoms in total. The van der Waals surface area contributed by atoms with Gasteiger partial charge in [0.15, 0.2) is 5.78 Å². The van der Waals surface area contributed by atoms with E-state index in [9.17, 15) is 9.90 Å². The largest absolute Gasteiger partial charge is 0.507 e. The molecule has 0 radical (unpaired) electrons. The number of Topliss-reactive ketones (excluding diaryl/α,β-unsaturated/α-hetero) is 1. The summed E-state index contributed by atoms with van der Waals surface area (Å²) in [5.41, 5.74) is 0.460. The van der Waals surface area contributed by atoms with Crippen LogP contribution in [0, 0.1) is 5.92 Å². The van der Waals surface area contributed by atoms with E-state index in [1.54, 1.807) is 18.2 Å². The third-order valence-electron chi connectivity index (χ3n) is 3.20. The molecule has 0 spiro atoms. The minimum absolute atomic E-state index is 0.0958. The predicted octanol–water partition coefficient (Wildman–Crippen LogP) is 3.92. The highest BCUT2D eigenvalue weighted by atomic mass is 79.9. The number of phenols is 1. The molecule has 1 aromatic rings. The molecule has 1 aromatic carbocycles. The molecular formula is C13H15BrO2. The number of ketones is 1. The molecule has 1 aliphatic rings. The Labute approximate surface area is 104 Å². The highest BCUT2D eigenvalue weighted by molar-refractivity contribution is 9.10. The lowest BCUT2D eigenvalue weighted by molar-refractivity contribution is 0.0886. The predicted molar refractivity (Wildman–Crippen MR) is 66.7 cm³/mol. The first-order valence-electron chi connectivity index (χ1n) is 5.71. The fourth-order valence-electron chi connectivity index (χ4n) is 2.29. The zero-order valence-corrected chi connectivity index (χ0v) is 10.7. The second kappa shape index (κ2) is 5.00. The Bertz CT molecular complexity index is 395. The van der Waals surface area contributed by atoms with E-state index in [0.717, 1.165) is 30.2 Å². The van der Waals surface area contributed by atoms with Crippen LogP contribution in [0.3, 0.4) is 0 Å². The molecular weight excluding hydrogens is 268 g/mol. The molecule has 0 amide bonds. The van der Waals surface area contributed by atoms with Crippen molar-refractivity contribution in [3.63, 3.8) is 0 Å². The Morgan fingerprint density at radius 3 is 2.62 bits per heavy atom. The average Bonchev–Trinajstić information content (AvgIpc) is 2.32. The highest BCUT2D eigenvalue weighted by Gasteiger charge is 2.24. The van der Waals surface area contributed by atoms with E-state index < -0.39 is 0 Å². The third-order valence-corrected chi connectivity index (χ3v) is 3.69. The summed E-state index contributed by atoms with van der Waals surface area (Å²) >= 11 is 3.33. The number of hydrogen-bond acceptors (Lipinski definition) is 2. The normalized spacial score (nSPS) is 17.3. The number of carbonyl (C=O) groups excluding carboxylic acids is 1. The van der Waals surface area contributed by atoms with Gasteiger partial charge in [0.05, 0.1) is 5.56 Å². The molecule has 0 heterocycles. The Balaban J connectivity index is 2.22. The molecule has 1 saturated carbocycles. The number of aromatic hydroxyl groups is 1. The van der Waals surface area contributed by atoms with Crippen molar-refractivity contribution in [3.05, 3.63) is 28.2 Å². The minimum atomic E-state index is 0.0958. The van der Waals surface area contributed by atoms with Crippen molar-refractivity contribution in [1.82, 2.24) is 0 Å². The van der Waals surface area contributed by atoms with Crippen LogP contribution in [-0.4, -0.2) is 10.9 Å². The summed E-state index contributed by atoms with van der Waals surface area (Å²) in [7, 11) is 0. The quantitative estimate of drug-likeness (QED) is 0.835. The van der Waals surface area contributed by atoms with E-state index in [2.05, 4.69) is 15.9 Å². The van der Waals surface area contributed by atoms with E-state index in [0.29, 0.717) is 5.56 Å². The zero-order chi connectivity index (χ0) is 11.5. The molecule has 1 fully saturated rings. The number of carbonyl (C=O) groups is 1. The van der Waals surface area contributed by atoms with Crippen molar-refractivity contribution in [2.45, 2.75) is 32.1 Å². The molecule has 0 aromatic heterocycles.